The quantitative estimate of drug-likeness (QED) is 0.216. The molecule has 1 aliphatic heterocycles. The zero-order valence-corrected chi connectivity index (χ0v) is 25.2. The summed E-state index contributed by atoms with van der Waals surface area (Å²) in [6.07, 6.45) is 0. The van der Waals surface area contributed by atoms with Crippen LogP contribution in [0.3, 0.4) is 0 Å². The summed E-state index contributed by atoms with van der Waals surface area (Å²) in [5.74, 6) is 0. The Labute approximate surface area is 268 Å². The van der Waals surface area contributed by atoms with E-state index in [0.717, 1.165) is 28.4 Å². The third-order valence-electron chi connectivity index (χ3n) is 9.15. The minimum absolute atomic E-state index is 1.11. The Morgan fingerprint density at radius 1 is 0.370 bits per heavy atom. The van der Waals surface area contributed by atoms with Crippen LogP contribution in [0.2, 0.25) is 0 Å². The molecular weight excluding hydrogens is 556 g/mol. The summed E-state index contributed by atoms with van der Waals surface area (Å²) < 4.78 is 0. The minimum atomic E-state index is 1.11. The van der Waals surface area contributed by atoms with Crippen molar-refractivity contribution in [1.82, 2.24) is 0 Å². The van der Waals surface area contributed by atoms with E-state index in [-0.39, 0.29) is 0 Å². The topological polar surface area (TPSA) is 15.3 Å². The van der Waals surface area contributed by atoms with Gasteiger partial charge in [0.25, 0.3) is 0 Å². The molecule has 0 radical (unpaired) electrons. The van der Waals surface area contributed by atoms with Gasteiger partial charge in [-0.1, -0.05) is 127 Å². The first kappa shape index (κ1) is 26.3. The molecular formula is C44H30N2. The van der Waals surface area contributed by atoms with E-state index in [1.165, 1.54) is 54.9 Å². The van der Waals surface area contributed by atoms with Crippen molar-refractivity contribution < 1.29 is 0 Å². The number of para-hydroxylation sites is 1. The third kappa shape index (κ3) is 4.35. The summed E-state index contributed by atoms with van der Waals surface area (Å²) >= 11 is 0. The van der Waals surface area contributed by atoms with E-state index in [1.54, 1.807) is 0 Å². The van der Waals surface area contributed by atoms with Gasteiger partial charge < -0.3 is 10.2 Å². The molecule has 0 bridgehead atoms. The van der Waals surface area contributed by atoms with E-state index >= 15 is 0 Å². The van der Waals surface area contributed by atoms with Crippen molar-refractivity contribution in [2.24, 2.45) is 0 Å². The van der Waals surface area contributed by atoms with E-state index < -0.39 is 0 Å². The molecule has 46 heavy (non-hydrogen) atoms. The first-order valence-electron chi connectivity index (χ1n) is 15.8. The Morgan fingerprint density at radius 3 is 1.80 bits per heavy atom. The summed E-state index contributed by atoms with van der Waals surface area (Å²) in [4.78, 5) is 2.33. The van der Waals surface area contributed by atoms with Crippen LogP contribution in [-0.2, 0) is 0 Å². The Hall–Kier alpha value is -6.12. The van der Waals surface area contributed by atoms with Gasteiger partial charge in [0.05, 0.1) is 0 Å². The molecule has 1 heterocycles. The highest BCUT2D eigenvalue weighted by atomic mass is 15.1. The van der Waals surface area contributed by atoms with Crippen LogP contribution in [0.15, 0.2) is 176 Å². The molecule has 1 N–H and O–H groups in total. The molecule has 216 valence electrons. The SMILES string of the molecule is c1ccc(-c2cccc(N(c3ccccc3)c3ccc(-c4cc5c(c6ccccc46)-c4cccc6cccc(c46)N5)cc3)c2)cc1. The number of fused-ring (bicyclic) bond motifs is 4. The van der Waals surface area contributed by atoms with Gasteiger partial charge in [0.15, 0.2) is 0 Å². The molecule has 0 saturated heterocycles. The zero-order chi connectivity index (χ0) is 30.5. The summed E-state index contributed by atoms with van der Waals surface area (Å²) in [6.45, 7) is 0. The smallest absolute Gasteiger partial charge is 0.0477 e. The average molecular weight is 587 g/mol. The summed E-state index contributed by atoms with van der Waals surface area (Å²) in [6, 6.07) is 63.3. The molecule has 0 aromatic heterocycles. The predicted molar refractivity (Wildman–Crippen MR) is 196 cm³/mol. The molecule has 1 aliphatic rings. The van der Waals surface area contributed by atoms with Crippen molar-refractivity contribution in [2.75, 3.05) is 10.2 Å². The Morgan fingerprint density at radius 2 is 1.00 bits per heavy atom. The van der Waals surface area contributed by atoms with Gasteiger partial charge in [-0.3, -0.25) is 0 Å². The summed E-state index contributed by atoms with van der Waals surface area (Å²) in [5.41, 5.74) is 13.0. The Kier molecular flexibility index (Phi) is 6.17. The number of benzene rings is 8. The van der Waals surface area contributed by atoms with Crippen molar-refractivity contribution in [1.29, 1.82) is 0 Å². The molecule has 0 amide bonds. The maximum absolute atomic E-state index is 3.79. The average Bonchev–Trinajstić information content (AvgIpc) is 3.13. The number of hydrogen-bond donors (Lipinski definition) is 1. The van der Waals surface area contributed by atoms with Gasteiger partial charge >= 0.3 is 0 Å². The number of rotatable bonds is 5. The first-order chi connectivity index (χ1) is 22.8. The van der Waals surface area contributed by atoms with Gasteiger partial charge in [-0.15, -0.1) is 0 Å². The lowest BCUT2D eigenvalue weighted by molar-refractivity contribution is 1.28. The second-order valence-corrected chi connectivity index (χ2v) is 11.9. The Balaban J connectivity index is 1.17. The van der Waals surface area contributed by atoms with Crippen LogP contribution in [-0.4, -0.2) is 0 Å². The van der Waals surface area contributed by atoms with Crippen LogP contribution in [0.25, 0.3) is 54.9 Å². The number of nitrogens with zero attached hydrogens (tertiary/aromatic N) is 1. The monoisotopic (exact) mass is 586 g/mol. The van der Waals surface area contributed by atoms with E-state index in [0.29, 0.717) is 0 Å². The molecule has 0 atom stereocenters. The van der Waals surface area contributed by atoms with Gasteiger partial charge in [0, 0.05) is 39.4 Å². The highest BCUT2D eigenvalue weighted by Crippen LogP contribution is 2.49. The van der Waals surface area contributed by atoms with Gasteiger partial charge in [0.1, 0.15) is 0 Å². The van der Waals surface area contributed by atoms with Crippen molar-refractivity contribution in [2.45, 2.75) is 0 Å². The number of anilines is 5. The lowest BCUT2D eigenvalue weighted by Gasteiger charge is -2.27. The predicted octanol–water partition coefficient (Wildman–Crippen LogP) is 12.5. The fourth-order valence-corrected chi connectivity index (χ4v) is 7.07. The highest BCUT2D eigenvalue weighted by Gasteiger charge is 2.22. The van der Waals surface area contributed by atoms with Gasteiger partial charge in [-0.2, -0.15) is 0 Å². The van der Waals surface area contributed by atoms with Crippen molar-refractivity contribution >= 4 is 50.0 Å². The van der Waals surface area contributed by atoms with Gasteiger partial charge in [-0.05, 0) is 92.5 Å². The lowest BCUT2D eigenvalue weighted by Crippen LogP contribution is -2.09. The zero-order valence-electron chi connectivity index (χ0n) is 25.2. The maximum Gasteiger partial charge on any atom is 0.0477 e. The molecule has 8 aromatic carbocycles. The van der Waals surface area contributed by atoms with Gasteiger partial charge in [-0.25, -0.2) is 0 Å². The normalized spacial score (nSPS) is 11.7. The van der Waals surface area contributed by atoms with Crippen LogP contribution in [0, 0.1) is 0 Å². The van der Waals surface area contributed by atoms with Crippen molar-refractivity contribution in [3.05, 3.63) is 176 Å². The fourth-order valence-electron chi connectivity index (χ4n) is 7.07. The first-order valence-corrected chi connectivity index (χ1v) is 15.8. The van der Waals surface area contributed by atoms with E-state index in [2.05, 4.69) is 186 Å². The van der Waals surface area contributed by atoms with Crippen LogP contribution in [0.1, 0.15) is 0 Å². The molecule has 9 rings (SSSR count). The van der Waals surface area contributed by atoms with Crippen molar-refractivity contribution in [3.63, 3.8) is 0 Å². The molecule has 0 unspecified atom stereocenters. The largest absolute Gasteiger partial charge is 0.354 e. The second-order valence-electron chi connectivity index (χ2n) is 11.9. The molecule has 2 nitrogen and oxygen atoms in total. The van der Waals surface area contributed by atoms with E-state index in [9.17, 15) is 0 Å². The maximum atomic E-state index is 3.79. The summed E-state index contributed by atoms with van der Waals surface area (Å²) in [7, 11) is 0. The fraction of sp³-hybridized carbons (Fsp3) is 0. The van der Waals surface area contributed by atoms with Crippen molar-refractivity contribution in [3.8, 4) is 33.4 Å². The summed E-state index contributed by atoms with van der Waals surface area (Å²) in [5, 5.41) is 8.85. The highest BCUT2D eigenvalue weighted by molar-refractivity contribution is 6.19. The molecule has 0 fully saturated rings. The van der Waals surface area contributed by atoms with Crippen LogP contribution < -0.4 is 10.2 Å². The standard InChI is InChI=1S/C44H30N2/c1-3-12-30(13-4-1)33-16-9-19-36(28-33)46(34-17-5-2-6-18-34)35-26-24-31(25-27-35)40-29-42-44(38-21-8-7-20-37(38)40)39-22-10-14-32-15-11-23-41(45-42)43(32)39/h1-29,45H. The molecule has 0 aliphatic carbocycles. The second kappa shape index (κ2) is 10.8. The Bertz CT molecular complexity index is 2370. The molecule has 0 spiro atoms. The number of nitrogens with one attached hydrogen (secondary N) is 1. The lowest BCUT2D eigenvalue weighted by atomic mass is 9.86. The van der Waals surface area contributed by atoms with Crippen LogP contribution in [0.5, 0.6) is 0 Å². The van der Waals surface area contributed by atoms with Gasteiger partial charge in [0.2, 0.25) is 0 Å². The van der Waals surface area contributed by atoms with Crippen LogP contribution >= 0.6 is 0 Å². The number of hydrogen-bond acceptors (Lipinski definition) is 2. The van der Waals surface area contributed by atoms with Crippen LogP contribution in [0.4, 0.5) is 28.4 Å². The molecule has 8 aromatic rings. The minimum Gasteiger partial charge on any atom is -0.354 e. The molecule has 0 saturated carbocycles. The van der Waals surface area contributed by atoms with E-state index in [4.69, 9.17) is 0 Å². The third-order valence-corrected chi connectivity index (χ3v) is 9.15. The molecule has 2 heteroatoms. The van der Waals surface area contributed by atoms with E-state index in [1.807, 2.05) is 0 Å².